The first-order chi connectivity index (χ1) is 12.6. The maximum absolute atomic E-state index is 12.6. The number of rotatable bonds is 3. The van der Waals surface area contributed by atoms with E-state index < -0.39 is 17.0 Å². The maximum Gasteiger partial charge on any atom is 0.335 e. The molecule has 6 heteroatoms. The molecule has 2 fully saturated rings. The highest BCUT2D eigenvalue weighted by Gasteiger charge is 2.65. The Balaban J connectivity index is 1.90. The standard InChI is InChI=1S/C21H30O6/c1-11(2)17-14-8-16-12(3)13-6-7-20(23,10-25-5)15(13)9-21(24,26-16)19(14,4)27-18(17)22/h9,11-13,16,23-24H,6-8,10H2,1-5H3. The van der Waals surface area contributed by atoms with Gasteiger partial charge in [0.2, 0.25) is 5.79 Å². The van der Waals surface area contributed by atoms with Crippen LogP contribution < -0.4 is 0 Å². The van der Waals surface area contributed by atoms with E-state index in [0.717, 1.165) is 17.6 Å². The largest absolute Gasteiger partial charge is 0.445 e. The lowest BCUT2D eigenvalue weighted by atomic mass is 9.76. The Kier molecular flexibility index (Phi) is 4.17. The molecule has 3 aliphatic heterocycles. The summed E-state index contributed by atoms with van der Waals surface area (Å²) < 4.78 is 17.2. The van der Waals surface area contributed by atoms with Gasteiger partial charge in [-0.25, -0.2) is 4.79 Å². The third-order valence-electron chi connectivity index (χ3n) is 7.18. The van der Waals surface area contributed by atoms with Crippen LogP contribution in [0.2, 0.25) is 0 Å². The van der Waals surface area contributed by atoms with Crippen LogP contribution in [0.15, 0.2) is 22.8 Å². The number of esters is 1. The van der Waals surface area contributed by atoms with Gasteiger partial charge in [-0.3, -0.25) is 0 Å². The van der Waals surface area contributed by atoms with E-state index in [1.54, 1.807) is 20.1 Å². The molecule has 2 bridgehead atoms. The van der Waals surface area contributed by atoms with E-state index in [2.05, 4.69) is 6.92 Å². The number of carbonyl (C=O) groups is 1. The topological polar surface area (TPSA) is 85.2 Å². The first kappa shape index (κ1) is 19.1. The summed E-state index contributed by atoms with van der Waals surface area (Å²) in [7, 11) is 1.56. The first-order valence-electron chi connectivity index (χ1n) is 9.88. The number of hydrogen-bond donors (Lipinski definition) is 2. The van der Waals surface area contributed by atoms with E-state index in [1.807, 2.05) is 13.8 Å². The fraction of sp³-hybridized carbons (Fsp3) is 0.762. The highest BCUT2D eigenvalue weighted by atomic mass is 16.7. The lowest BCUT2D eigenvalue weighted by Gasteiger charge is -2.47. The average molecular weight is 378 g/mol. The minimum Gasteiger partial charge on any atom is -0.445 e. The molecule has 0 radical (unpaired) electrons. The quantitative estimate of drug-likeness (QED) is 0.578. The molecule has 1 saturated carbocycles. The second-order valence-electron chi connectivity index (χ2n) is 9.10. The van der Waals surface area contributed by atoms with Crippen LogP contribution in [-0.2, 0) is 19.0 Å². The minimum absolute atomic E-state index is 0.00552. The Bertz CT molecular complexity index is 739. The van der Waals surface area contributed by atoms with Gasteiger partial charge in [0.1, 0.15) is 5.60 Å². The third kappa shape index (κ3) is 2.43. The Labute approximate surface area is 160 Å². The molecule has 3 heterocycles. The molecule has 1 aliphatic carbocycles. The normalized spacial score (nSPS) is 46.1. The summed E-state index contributed by atoms with van der Waals surface area (Å²) in [6, 6.07) is 0. The zero-order valence-electron chi connectivity index (χ0n) is 16.7. The molecule has 6 atom stereocenters. The number of ether oxygens (including phenoxy) is 3. The SMILES string of the molecule is COCC1(O)CCC2C1=CC1(O)OC(CC3=C(C(C)C)C(=O)OC31C)C2C. The van der Waals surface area contributed by atoms with Crippen molar-refractivity contribution in [1.82, 2.24) is 0 Å². The van der Waals surface area contributed by atoms with Crippen molar-refractivity contribution in [3.05, 3.63) is 22.8 Å². The second kappa shape index (κ2) is 5.89. The number of aliphatic hydroxyl groups is 2. The molecule has 0 spiro atoms. The fourth-order valence-corrected chi connectivity index (χ4v) is 5.60. The van der Waals surface area contributed by atoms with Crippen molar-refractivity contribution in [2.45, 2.75) is 70.1 Å². The van der Waals surface area contributed by atoms with E-state index in [1.165, 1.54) is 0 Å². The molecular formula is C21H30O6. The first-order valence-corrected chi connectivity index (χ1v) is 9.88. The van der Waals surface area contributed by atoms with Crippen LogP contribution in [0.3, 0.4) is 0 Å². The smallest absolute Gasteiger partial charge is 0.335 e. The Morgan fingerprint density at radius 3 is 2.70 bits per heavy atom. The van der Waals surface area contributed by atoms with Crippen LogP contribution in [0.25, 0.3) is 0 Å². The summed E-state index contributed by atoms with van der Waals surface area (Å²) >= 11 is 0. The summed E-state index contributed by atoms with van der Waals surface area (Å²) in [6.07, 6.45) is 3.33. The number of fused-ring (bicyclic) bond motifs is 5. The van der Waals surface area contributed by atoms with Gasteiger partial charge < -0.3 is 24.4 Å². The van der Waals surface area contributed by atoms with E-state index in [-0.39, 0.29) is 36.4 Å². The molecule has 2 N–H and O–H groups in total. The van der Waals surface area contributed by atoms with Gasteiger partial charge in [0.05, 0.1) is 12.7 Å². The average Bonchev–Trinajstić information content (AvgIpc) is 2.98. The zero-order chi connectivity index (χ0) is 19.8. The van der Waals surface area contributed by atoms with Crippen LogP contribution >= 0.6 is 0 Å². The molecule has 0 amide bonds. The summed E-state index contributed by atoms with van der Waals surface area (Å²) in [4.78, 5) is 12.6. The Hall–Kier alpha value is -1.21. The maximum atomic E-state index is 12.6. The molecule has 150 valence electrons. The highest BCUT2D eigenvalue weighted by Crippen LogP contribution is 2.57. The molecule has 6 unspecified atom stereocenters. The highest BCUT2D eigenvalue weighted by molar-refractivity contribution is 5.94. The van der Waals surface area contributed by atoms with Gasteiger partial charge >= 0.3 is 5.97 Å². The van der Waals surface area contributed by atoms with Crippen molar-refractivity contribution < 1.29 is 29.2 Å². The van der Waals surface area contributed by atoms with Crippen LogP contribution in [0.5, 0.6) is 0 Å². The predicted octanol–water partition coefficient (Wildman–Crippen LogP) is 2.10. The Morgan fingerprint density at radius 1 is 1.37 bits per heavy atom. The van der Waals surface area contributed by atoms with Crippen LogP contribution in [0.4, 0.5) is 0 Å². The monoisotopic (exact) mass is 378 g/mol. The third-order valence-corrected chi connectivity index (χ3v) is 7.18. The lowest BCUT2D eigenvalue weighted by Crippen LogP contribution is -2.60. The van der Waals surface area contributed by atoms with Gasteiger partial charge in [0, 0.05) is 12.7 Å². The van der Waals surface area contributed by atoms with Gasteiger partial charge in [-0.2, -0.15) is 0 Å². The van der Waals surface area contributed by atoms with Gasteiger partial charge in [-0.1, -0.05) is 20.8 Å². The van der Waals surface area contributed by atoms with Crippen LogP contribution in [0.1, 0.15) is 47.0 Å². The van der Waals surface area contributed by atoms with Crippen molar-refractivity contribution in [3.8, 4) is 0 Å². The van der Waals surface area contributed by atoms with E-state index in [4.69, 9.17) is 14.2 Å². The molecule has 0 aromatic carbocycles. The molecule has 0 aromatic heterocycles. The number of carbonyl (C=O) groups excluding carboxylic acids is 1. The second-order valence-corrected chi connectivity index (χ2v) is 9.10. The van der Waals surface area contributed by atoms with Crippen molar-refractivity contribution in [1.29, 1.82) is 0 Å². The minimum atomic E-state index is -1.80. The van der Waals surface area contributed by atoms with E-state index >= 15 is 0 Å². The van der Waals surface area contributed by atoms with Crippen molar-refractivity contribution in [3.63, 3.8) is 0 Å². The predicted molar refractivity (Wildman–Crippen MR) is 97.6 cm³/mol. The van der Waals surface area contributed by atoms with E-state index in [0.29, 0.717) is 18.4 Å². The van der Waals surface area contributed by atoms with Gasteiger partial charge in [0.25, 0.3) is 0 Å². The van der Waals surface area contributed by atoms with Crippen molar-refractivity contribution >= 4 is 5.97 Å². The van der Waals surface area contributed by atoms with E-state index in [9.17, 15) is 15.0 Å². The summed E-state index contributed by atoms with van der Waals surface area (Å²) in [6.45, 7) is 7.92. The van der Waals surface area contributed by atoms with Crippen LogP contribution in [0, 0.1) is 17.8 Å². The number of hydrogen-bond acceptors (Lipinski definition) is 6. The molecule has 27 heavy (non-hydrogen) atoms. The van der Waals surface area contributed by atoms with Gasteiger partial charge in [-0.15, -0.1) is 0 Å². The number of methoxy groups -OCH3 is 1. The van der Waals surface area contributed by atoms with Gasteiger partial charge in [-0.05, 0) is 61.2 Å². The summed E-state index contributed by atoms with van der Waals surface area (Å²) in [5, 5.41) is 22.8. The molecule has 6 nitrogen and oxygen atoms in total. The molecular weight excluding hydrogens is 348 g/mol. The van der Waals surface area contributed by atoms with Crippen molar-refractivity contribution in [2.24, 2.45) is 17.8 Å². The molecule has 4 rings (SSSR count). The van der Waals surface area contributed by atoms with Gasteiger partial charge in [0.15, 0.2) is 5.60 Å². The summed E-state index contributed by atoms with van der Waals surface area (Å²) in [5.41, 5.74) is -0.181. The lowest BCUT2D eigenvalue weighted by molar-refractivity contribution is -0.293. The fourth-order valence-electron chi connectivity index (χ4n) is 5.60. The molecule has 0 aromatic rings. The van der Waals surface area contributed by atoms with Crippen LogP contribution in [-0.4, -0.2) is 53.0 Å². The van der Waals surface area contributed by atoms with Crippen molar-refractivity contribution in [2.75, 3.05) is 13.7 Å². The Morgan fingerprint density at radius 2 is 2.07 bits per heavy atom. The molecule has 4 aliphatic rings. The summed E-state index contributed by atoms with van der Waals surface area (Å²) in [5.74, 6) is -1.98. The zero-order valence-corrected chi connectivity index (χ0v) is 16.7. The molecule has 1 saturated heterocycles.